The van der Waals surface area contributed by atoms with Gasteiger partial charge in [-0.05, 0) is 47.1 Å². The van der Waals surface area contributed by atoms with Crippen molar-refractivity contribution in [1.82, 2.24) is 10.2 Å². The molecule has 1 N–H and O–H groups in total. The standard InChI is InChI=1S/C13H28N2/c1-6-13(3,4)14-10-11(2)15(5)12-8-7-9-12/h11-12,14H,6-10H2,1-5H3. The van der Waals surface area contributed by atoms with Gasteiger partial charge in [-0.3, -0.25) is 4.90 Å². The van der Waals surface area contributed by atoms with Gasteiger partial charge in [-0.25, -0.2) is 0 Å². The van der Waals surface area contributed by atoms with Gasteiger partial charge in [0.15, 0.2) is 0 Å². The highest BCUT2D eigenvalue weighted by molar-refractivity contribution is 4.84. The first-order valence-electron chi connectivity index (χ1n) is 6.43. The van der Waals surface area contributed by atoms with E-state index in [4.69, 9.17) is 0 Å². The fourth-order valence-electron chi connectivity index (χ4n) is 1.85. The van der Waals surface area contributed by atoms with E-state index >= 15 is 0 Å². The average Bonchev–Trinajstić information content (AvgIpc) is 2.11. The Morgan fingerprint density at radius 1 is 1.40 bits per heavy atom. The lowest BCUT2D eigenvalue weighted by atomic mass is 9.91. The molecule has 1 aliphatic carbocycles. The van der Waals surface area contributed by atoms with Crippen molar-refractivity contribution in [1.29, 1.82) is 0 Å². The van der Waals surface area contributed by atoms with Crippen molar-refractivity contribution in [2.75, 3.05) is 13.6 Å². The summed E-state index contributed by atoms with van der Waals surface area (Å²) in [7, 11) is 2.27. The number of nitrogens with zero attached hydrogens (tertiary/aromatic N) is 1. The highest BCUT2D eigenvalue weighted by atomic mass is 15.2. The van der Waals surface area contributed by atoms with Crippen LogP contribution in [0.3, 0.4) is 0 Å². The van der Waals surface area contributed by atoms with Crippen LogP contribution in [-0.2, 0) is 0 Å². The summed E-state index contributed by atoms with van der Waals surface area (Å²) < 4.78 is 0. The molecular formula is C13H28N2. The number of rotatable bonds is 6. The zero-order valence-corrected chi connectivity index (χ0v) is 11.1. The molecule has 0 spiro atoms. The first-order chi connectivity index (χ1) is 6.96. The van der Waals surface area contributed by atoms with Crippen molar-refractivity contribution in [2.24, 2.45) is 0 Å². The lowest BCUT2D eigenvalue weighted by Crippen LogP contribution is -2.50. The van der Waals surface area contributed by atoms with Gasteiger partial charge < -0.3 is 5.32 Å². The molecule has 0 amide bonds. The van der Waals surface area contributed by atoms with Crippen molar-refractivity contribution in [3.8, 4) is 0 Å². The van der Waals surface area contributed by atoms with Gasteiger partial charge in [0.25, 0.3) is 0 Å². The lowest BCUT2D eigenvalue weighted by Gasteiger charge is -2.40. The second kappa shape index (κ2) is 5.31. The first-order valence-corrected chi connectivity index (χ1v) is 6.43. The van der Waals surface area contributed by atoms with Crippen LogP contribution >= 0.6 is 0 Å². The number of hydrogen-bond acceptors (Lipinski definition) is 2. The molecule has 1 saturated carbocycles. The van der Waals surface area contributed by atoms with Crippen molar-refractivity contribution >= 4 is 0 Å². The topological polar surface area (TPSA) is 15.3 Å². The largest absolute Gasteiger partial charge is 0.310 e. The van der Waals surface area contributed by atoms with Crippen LogP contribution in [0.2, 0.25) is 0 Å². The Morgan fingerprint density at radius 3 is 2.40 bits per heavy atom. The maximum Gasteiger partial charge on any atom is 0.0192 e. The molecular weight excluding hydrogens is 184 g/mol. The summed E-state index contributed by atoms with van der Waals surface area (Å²) in [5.41, 5.74) is 0.286. The van der Waals surface area contributed by atoms with Gasteiger partial charge in [0.1, 0.15) is 0 Å². The fraction of sp³-hybridized carbons (Fsp3) is 1.00. The van der Waals surface area contributed by atoms with E-state index in [2.05, 4.69) is 45.0 Å². The summed E-state index contributed by atoms with van der Waals surface area (Å²) in [6.07, 6.45) is 5.42. The minimum Gasteiger partial charge on any atom is -0.310 e. The van der Waals surface area contributed by atoms with E-state index in [9.17, 15) is 0 Å². The molecule has 0 aliphatic heterocycles. The maximum absolute atomic E-state index is 3.65. The molecule has 2 heteroatoms. The zero-order valence-electron chi connectivity index (χ0n) is 11.1. The van der Waals surface area contributed by atoms with Gasteiger partial charge in [-0.15, -0.1) is 0 Å². The minimum atomic E-state index is 0.286. The van der Waals surface area contributed by atoms with Gasteiger partial charge >= 0.3 is 0 Å². The highest BCUT2D eigenvalue weighted by Gasteiger charge is 2.26. The molecule has 1 rings (SSSR count). The maximum atomic E-state index is 3.65. The van der Waals surface area contributed by atoms with E-state index in [1.54, 1.807) is 0 Å². The highest BCUT2D eigenvalue weighted by Crippen LogP contribution is 2.24. The monoisotopic (exact) mass is 212 g/mol. The number of nitrogens with one attached hydrogen (secondary N) is 1. The molecule has 0 aromatic rings. The second-order valence-electron chi connectivity index (χ2n) is 5.72. The van der Waals surface area contributed by atoms with Gasteiger partial charge in [-0.2, -0.15) is 0 Å². The van der Waals surface area contributed by atoms with Crippen LogP contribution in [0.4, 0.5) is 0 Å². The van der Waals surface area contributed by atoms with Gasteiger partial charge in [0.05, 0.1) is 0 Å². The van der Waals surface area contributed by atoms with Crippen LogP contribution in [0.5, 0.6) is 0 Å². The summed E-state index contributed by atoms with van der Waals surface area (Å²) in [6, 6.07) is 1.51. The predicted molar refractivity (Wildman–Crippen MR) is 67.2 cm³/mol. The Hall–Kier alpha value is -0.0800. The average molecular weight is 212 g/mol. The van der Waals surface area contributed by atoms with Gasteiger partial charge in [0.2, 0.25) is 0 Å². The van der Waals surface area contributed by atoms with Gasteiger partial charge in [-0.1, -0.05) is 13.3 Å². The molecule has 0 aromatic carbocycles. The predicted octanol–water partition coefficient (Wildman–Crippen LogP) is 2.64. The Kier molecular flexibility index (Phi) is 4.60. The van der Waals surface area contributed by atoms with Crippen molar-refractivity contribution in [3.05, 3.63) is 0 Å². The molecule has 0 saturated heterocycles. The van der Waals surface area contributed by atoms with Crippen LogP contribution in [-0.4, -0.2) is 36.1 Å². The summed E-state index contributed by atoms with van der Waals surface area (Å²) in [6.45, 7) is 10.2. The third-order valence-electron chi connectivity index (χ3n) is 4.11. The normalized spacial score (nSPS) is 20.4. The van der Waals surface area contributed by atoms with E-state index in [1.807, 2.05) is 0 Å². The molecule has 1 fully saturated rings. The van der Waals surface area contributed by atoms with E-state index in [0.29, 0.717) is 6.04 Å². The van der Waals surface area contributed by atoms with E-state index in [0.717, 1.165) is 12.6 Å². The molecule has 1 unspecified atom stereocenters. The minimum absolute atomic E-state index is 0.286. The molecule has 15 heavy (non-hydrogen) atoms. The Labute approximate surface area is 95.4 Å². The smallest absolute Gasteiger partial charge is 0.0192 e. The summed E-state index contributed by atoms with van der Waals surface area (Å²) in [5.74, 6) is 0. The van der Waals surface area contributed by atoms with Crippen molar-refractivity contribution in [2.45, 2.75) is 71.0 Å². The quantitative estimate of drug-likeness (QED) is 0.728. The van der Waals surface area contributed by atoms with Crippen molar-refractivity contribution in [3.63, 3.8) is 0 Å². The molecule has 1 aliphatic rings. The van der Waals surface area contributed by atoms with Crippen LogP contribution in [0.25, 0.3) is 0 Å². The van der Waals surface area contributed by atoms with E-state index in [-0.39, 0.29) is 5.54 Å². The van der Waals surface area contributed by atoms with Crippen molar-refractivity contribution < 1.29 is 0 Å². The summed E-state index contributed by atoms with van der Waals surface area (Å²) in [4.78, 5) is 2.54. The molecule has 0 radical (unpaired) electrons. The second-order valence-corrected chi connectivity index (χ2v) is 5.72. The SMILES string of the molecule is CCC(C)(C)NCC(C)N(C)C1CCC1. The first kappa shape index (κ1) is 13.0. The molecule has 0 bridgehead atoms. The van der Waals surface area contributed by atoms with Gasteiger partial charge in [0, 0.05) is 24.2 Å². The third kappa shape index (κ3) is 3.76. The van der Waals surface area contributed by atoms with Crippen LogP contribution in [0.1, 0.15) is 53.4 Å². The third-order valence-corrected chi connectivity index (χ3v) is 4.11. The zero-order chi connectivity index (χ0) is 11.5. The molecule has 2 nitrogen and oxygen atoms in total. The number of likely N-dealkylation sites (N-methyl/N-ethyl adjacent to an activating group) is 1. The Balaban J connectivity index is 2.25. The van der Waals surface area contributed by atoms with Crippen LogP contribution < -0.4 is 5.32 Å². The molecule has 1 atom stereocenters. The lowest BCUT2D eigenvalue weighted by molar-refractivity contribution is 0.112. The number of hydrogen-bond donors (Lipinski definition) is 1. The fourth-order valence-corrected chi connectivity index (χ4v) is 1.85. The summed E-state index contributed by atoms with van der Waals surface area (Å²) in [5, 5.41) is 3.65. The Morgan fingerprint density at radius 2 is 2.00 bits per heavy atom. The van der Waals surface area contributed by atoms with Crippen LogP contribution in [0, 0.1) is 0 Å². The van der Waals surface area contributed by atoms with Crippen LogP contribution in [0.15, 0.2) is 0 Å². The molecule has 0 aromatic heterocycles. The molecule has 0 heterocycles. The molecule has 90 valence electrons. The van der Waals surface area contributed by atoms with E-state index in [1.165, 1.54) is 25.7 Å². The van der Waals surface area contributed by atoms with E-state index < -0.39 is 0 Å². The summed E-state index contributed by atoms with van der Waals surface area (Å²) >= 11 is 0. The Bertz CT molecular complexity index is 185.